The van der Waals surface area contributed by atoms with Crippen LogP contribution < -0.4 is 5.73 Å². The zero-order chi connectivity index (χ0) is 13.8. The van der Waals surface area contributed by atoms with E-state index in [0.29, 0.717) is 12.3 Å². The third-order valence-electron chi connectivity index (χ3n) is 1.30. The molecule has 1 aromatic rings. The summed E-state index contributed by atoms with van der Waals surface area (Å²) in [6, 6.07) is 1.43. The minimum atomic E-state index is -3.67. The van der Waals surface area contributed by atoms with Crippen molar-refractivity contribution in [2.24, 2.45) is 5.73 Å². The Balaban J connectivity index is 0.000000437. The van der Waals surface area contributed by atoms with Crippen LogP contribution in [0.3, 0.4) is 0 Å². The van der Waals surface area contributed by atoms with Crippen molar-refractivity contribution in [1.82, 2.24) is 0 Å². The largest absolute Gasteiger partial charge is 0.366 e. The molecule has 17 heavy (non-hydrogen) atoms. The molecule has 5 nitrogen and oxygen atoms in total. The van der Waals surface area contributed by atoms with Gasteiger partial charge in [0.05, 0.1) is 11.8 Å². The molecule has 3 N–H and O–H groups in total. The Morgan fingerprint density at radius 1 is 1.24 bits per heavy atom. The zero-order valence-corrected chi connectivity index (χ0v) is 9.26. The molecule has 0 heterocycles. The number of rotatable bonds is 1. The molecular weight excluding hydrogens is 263 g/mol. The van der Waals surface area contributed by atoms with Crippen molar-refractivity contribution in [1.29, 1.82) is 0 Å². The number of hydrogen-bond acceptors (Lipinski definition) is 3. The van der Waals surface area contributed by atoms with Crippen LogP contribution in [-0.4, -0.2) is 25.1 Å². The van der Waals surface area contributed by atoms with Gasteiger partial charge in [0.1, 0.15) is 0 Å². The second-order valence-corrected chi connectivity index (χ2v) is 4.29. The van der Waals surface area contributed by atoms with Crippen molar-refractivity contribution in [2.75, 3.05) is 6.26 Å². The standard InChI is InChI=1S/C7H4F3NO.CH4O3S/c8-4-2-1-3(7(11)12)5(9)6(4)10;1-5(2,3)4/h1-2H,(H2,11,12);1H3,(H,2,3,4). The number of benzene rings is 1. The lowest BCUT2D eigenvalue weighted by molar-refractivity contribution is 0.0995. The Morgan fingerprint density at radius 3 is 2.00 bits per heavy atom. The molecule has 9 heteroatoms. The van der Waals surface area contributed by atoms with Gasteiger partial charge in [-0.1, -0.05) is 0 Å². The Bertz CT molecular complexity index is 522. The molecule has 0 fully saturated rings. The maximum atomic E-state index is 12.6. The van der Waals surface area contributed by atoms with Crippen LogP contribution in [0, 0.1) is 17.5 Å². The van der Waals surface area contributed by atoms with Crippen molar-refractivity contribution in [3.63, 3.8) is 0 Å². The molecule has 0 radical (unpaired) electrons. The zero-order valence-electron chi connectivity index (χ0n) is 8.45. The number of primary amides is 1. The van der Waals surface area contributed by atoms with Crippen LogP contribution in [0.15, 0.2) is 12.1 Å². The van der Waals surface area contributed by atoms with Gasteiger partial charge < -0.3 is 5.73 Å². The number of carbonyl (C=O) groups excluding carboxylic acids is 1. The Hall–Kier alpha value is -1.61. The van der Waals surface area contributed by atoms with Crippen LogP contribution in [0.25, 0.3) is 0 Å². The van der Waals surface area contributed by atoms with Gasteiger partial charge in [-0.2, -0.15) is 8.42 Å². The van der Waals surface area contributed by atoms with Crippen LogP contribution in [0.5, 0.6) is 0 Å². The Kier molecular flexibility index (Phi) is 5.10. The first kappa shape index (κ1) is 15.4. The quantitative estimate of drug-likeness (QED) is 0.580. The maximum absolute atomic E-state index is 12.6. The molecule has 0 atom stereocenters. The third kappa shape index (κ3) is 5.88. The van der Waals surface area contributed by atoms with Crippen molar-refractivity contribution in [3.8, 4) is 0 Å². The summed E-state index contributed by atoms with van der Waals surface area (Å²) in [6.07, 6.45) is 0.715. The van der Waals surface area contributed by atoms with Crippen LogP contribution >= 0.6 is 0 Å². The molecule has 0 aliphatic rings. The molecule has 1 aromatic carbocycles. The van der Waals surface area contributed by atoms with Gasteiger partial charge >= 0.3 is 0 Å². The predicted molar refractivity (Wildman–Crippen MR) is 52.3 cm³/mol. The first-order chi connectivity index (χ1) is 7.54. The highest BCUT2D eigenvalue weighted by Crippen LogP contribution is 2.14. The first-order valence-corrected chi connectivity index (χ1v) is 5.74. The van der Waals surface area contributed by atoms with Gasteiger partial charge in [0.25, 0.3) is 16.0 Å². The second-order valence-electron chi connectivity index (χ2n) is 2.82. The second kappa shape index (κ2) is 5.64. The van der Waals surface area contributed by atoms with Crippen molar-refractivity contribution in [2.45, 2.75) is 0 Å². The average molecular weight is 271 g/mol. The lowest BCUT2D eigenvalue weighted by atomic mass is 10.2. The summed E-state index contributed by atoms with van der Waals surface area (Å²) < 4.78 is 63.1. The molecule has 0 aromatic heterocycles. The first-order valence-electron chi connectivity index (χ1n) is 3.89. The normalized spacial score (nSPS) is 10.4. The fourth-order valence-corrected chi connectivity index (χ4v) is 0.716. The van der Waals surface area contributed by atoms with Gasteiger partial charge in [-0.25, -0.2) is 13.2 Å². The molecule has 0 saturated heterocycles. The van der Waals surface area contributed by atoms with E-state index in [2.05, 4.69) is 5.73 Å². The molecular formula is C8H8F3NO4S. The molecule has 0 unspecified atom stereocenters. The van der Waals surface area contributed by atoms with Crippen molar-refractivity contribution in [3.05, 3.63) is 35.1 Å². The minimum Gasteiger partial charge on any atom is -0.366 e. The van der Waals surface area contributed by atoms with Gasteiger partial charge in [0.2, 0.25) is 0 Å². The molecule has 1 rings (SSSR count). The highest BCUT2D eigenvalue weighted by Gasteiger charge is 2.16. The van der Waals surface area contributed by atoms with E-state index in [1.54, 1.807) is 0 Å². The summed E-state index contributed by atoms with van der Waals surface area (Å²) >= 11 is 0. The molecule has 0 aliphatic heterocycles. The fourth-order valence-electron chi connectivity index (χ4n) is 0.716. The van der Waals surface area contributed by atoms with E-state index in [0.717, 1.165) is 6.07 Å². The number of nitrogens with two attached hydrogens (primary N) is 1. The smallest absolute Gasteiger partial charge is 0.261 e. The third-order valence-corrected chi connectivity index (χ3v) is 1.30. The monoisotopic (exact) mass is 271 g/mol. The number of halogens is 3. The molecule has 0 spiro atoms. The summed E-state index contributed by atoms with van der Waals surface area (Å²) in [6.45, 7) is 0. The van der Waals surface area contributed by atoms with E-state index in [1.807, 2.05) is 0 Å². The summed E-state index contributed by atoms with van der Waals surface area (Å²) in [4.78, 5) is 10.4. The topological polar surface area (TPSA) is 97.5 Å². The molecule has 0 bridgehead atoms. The van der Waals surface area contributed by atoms with E-state index in [-0.39, 0.29) is 0 Å². The predicted octanol–water partition coefficient (Wildman–Crippen LogP) is 0.707. The summed E-state index contributed by atoms with van der Waals surface area (Å²) in [5.41, 5.74) is 4.01. The summed E-state index contributed by atoms with van der Waals surface area (Å²) in [5.74, 6) is -5.72. The average Bonchev–Trinajstić information content (AvgIpc) is 2.11. The van der Waals surface area contributed by atoms with E-state index >= 15 is 0 Å². The molecule has 1 amide bonds. The summed E-state index contributed by atoms with van der Waals surface area (Å²) in [7, 11) is -3.67. The lowest BCUT2D eigenvalue weighted by Crippen LogP contribution is -2.14. The molecule has 0 aliphatic carbocycles. The van der Waals surface area contributed by atoms with Crippen LogP contribution in [-0.2, 0) is 10.1 Å². The van der Waals surface area contributed by atoms with Crippen LogP contribution in [0.1, 0.15) is 10.4 Å². The maximum Gasteiger partial charge on any atom is 0.261 e. The molecule has 96 valence electrons. The van der Waals surface area contributed by atoms with Crippen LogP contribution in [0.4, 0.5) is 13.2 Å². The number of hydrogen-bond donors (Lipinski definition) is 2. The summed E-state index contributed by atoms with van der Waals surface area (Å²) in [5, 5.41) is 0. The van der Waals surface area contributed by atoms with Crippen molar-refractivity contribution >= 4 is 16.0 Å². The van der Waals surface area contributed by atoms with E-state index in [4.69, 9.17) is 4.55 Å². The Morgan fingerprint density at radius 2 is 1.65 bits per heavy atom. The van der Waals surface area contributed by atoms with Crippen LogP contribution in [0.2, 0.25) is 0 Å². The highest BCUT2D eigenvalue weighted by atomic mass is 32.2. The van der Waals surface area contributed by atoms with Gasteiger partial charge in [0, 0.05) is 0 Å². The fraction of sp³-hybridized carbons (Fsp3) is 0.125. The van der Waals surface area contributed by atoms with Gasteiger partial charge in [-0.3, -0.25) is 9.35 Å². The highest BCUT2D eigenvalue weighted by molar-refractivity contribution is 7.85. The SMILES string of the molecule is CS(=O)(=O)O.NC(=O)c1ccc(F)c(F)c1F. The molecule has 0 saturated carbocycles. The minimum absolute atomic E-state index is 0.637. The van der Waals surface area contributed by atoms with Gasteiger partial charge in [-0.05, 0) is 12.1 Å². The number of amides is 1. The lowest BCUT2D eigenvalue weighted by Gasteiger charge is -1.98. The Labute approximate surface area is 94.8 Å². The van der Waals surface area contributed by atoms with E-state index < -0.39 is 39.0 Å². The van der Waals surface area contributed by atoms with E-state index in [1.165, 1.54) is 0 Å². The number of carbonyl (C=O) groups is 1. The van der Waals surface area contributed by atoms with E-state index in [9.17, 15) is 26.4 Å². The van der Waals surface area contributed by atoms with Gasteiger partial charge in [-0.15, -0.1) is 0 Å². The van der Waals surface area contributed by atoms with Crippen molar-refractivity contribution < 1.29 is 30.9 Å². The van der Waals surface area contributed by atoms with Gasteiger partial charge in [0.15, 0.2) is 17.5 Å².